The Bertz CT molecular complexity index is 388. The summed E-state index contributed by atoms with van der Waals surface area (Å²) in [6, 6.07) is 1.79. The molecule has 1 atom stereocenters. The van der Waals surface area contributed by atoms with Crippen LogP contribution in [-0.2, 0) is 11.3 Å². The van der Waals surface area contributed by atoms with Gasteiger partial charge in [0.2, 0.25) is 5.91 Å². The highest BCUT2D eigenvalue weighted by molar-refractivity contribution is 5.79. The number of piperidine rings is 1. The molecule has 1 aliphatic rings. The number of nitrogens with two attached hydrogens (primary N) is 1. The fraction of sp³-hybridized carbons (Fsp3) is 0.667. The molecule has 1 aromatic rings. The lowest BCUT2D eigenvalue weighted by atomic mass is 9.99. The van der Waals surface area contributed by atoms with Crippen molar-refractivity contribution in [1.82, 2.24) is 14.7 Å². The summed E-state index contributed by atoms with van der Waals surface area (Å²) in [7, 11) is 0. The number of nitrogen functional groups attached to an aromatic ring is 1. The highest BCUT2D eigenvalue weighted by Gasteiger charge is 2.24. The molecule has 5 heteroatoms. The average molecular weight is 236 g/mol. The van der Waals surface area contributed by atoms with Crippen LogP contribution < -0.4 is 5.73 Å². The van der Waals surface area contributed by atoms with E-state index in [9.17, 15) is 4.79 Å². The van der Waals surface area contributed by atoms with Gasteiger partial charge in [0.15, 0.2) is 0 Å². The van der Waals surface area contributed by atoms with E-state index in [0.29, 0.717) is 11.7 Å². The molecule has 0 radical (unpaired) electrons. The second-order valence-corrected chi connectivity index (χ2v) is 4.73. The van der Waals surface area contributed by atoms with Gasteiger partial charge in [-0.15, -0.1) is 0 Å². The molecule has 17 heavy (non-hydrogen) atoms. The first-order valence-corrected chi connectivity index (χ1v) is 6.24. The van der Waals surface area contributed by atoms with Crippen molar-refractivity contribution in [3.8, 4) is 0 Å². The van der Waals surface area contributed by atoms with Gasteiger partial charge < -0.3 is 10.6 Å². The van der Waals surface area contributed by atoms with Gasteiger partial charge in [0.1, 0.15) is 5.82 Å². The number of hydrogen-bond donors (Lipinski definition) is 1. The Kier molecular flexibility index (Phi) is 3.66. The molecule has 0 aliphatic carbocycles. The maximum atomic E-state index is 11.9. The van der Waals surface area contributed by atoms with Crippen LogP contribution in [0.2, 0.25) is 0 Å². The molecule has 0 spiro atoms. The van der Waals surface area contributed by atoms with E-state index in [2.05, 4.69) is 5.10 Å². The first-order chi connectivity index (χ1) is 8.16. The van der Waals surface area contributed by atoms with Gasteiger partial charge in [0.25, 0.3) is 0 Å². The summed E-state index contributed by atoms with van der Waals surface area (Å²) in [4.78, 5) is 13.8. The summed E-state index contributed by atoms with van der Waals surface area (Å²) < 4.78 is 1.83. The van der Waals surface area contributed by atoms with E-state index in [-0.39, 0.29) is 5.92 Å². The summed E-state index contributed by atoms with van der Waals surface area (Å²) in [5.41, 5.74) is 5.54. The third kappa shape index (κ3) is 2.99. The van der Waals surface area contributed by atoms with Crippen LogP contribution in [0.5, 0.6) is 0 Å². The lowest BCUT2D eigenvalue weighted by molar-refractivity contribution is -0.137. The number of aryl methyl sites for hydroxylation is 1. The Morgan fingerprint density at radius 3 is 3.06 bits per heavy atom. The number of carbonyl (C=O) groups is 1. The fourth-order valence-electron chi connectivity index (χ4n) is 2.28. The van der Waals surface area contributed by atoms with Crippen molar-refractivity contribution in [2.75, 3.05) is 18.8 Å². The number of amides is 1. The van der Waals surface area contributed by atoms with Crippen molar-refractivity contribution in [2.24, 2.45) is 5.92 Å². The molecule has 2 N–H and O–H groups in total. The minimum absolute atomic E-state index is 0.198. The minimum Gasteiger partial charge on any atom is -0.382 e. The molecular formula is C12H20N4O. The van der Waals surface area contributed by atoms with Gasteiger partial charge in [0.05, 0.1) is 0 Å². The van der Waals surface area contributed by atoms with Crippen LogP contribution in [0, 0.1) is 5.92 Å². The van der Waals surface area contributed by atoms with Crippen molar-refractivity contribution in [2.45, 2.75) is 32.7 Å². The highest BCUT2D eigenvalue weighted by Crippen LogP contribution is 2.17. The van der Waals surface area contributed by atoms with Crippen LogP contribution in [0.15, 0.2) is 12.3 Å². The third-order valence-electron chi connectivity index (χ3n) is 3.27. The van der Waals surface area contributed by atoms with E-state index in [4.69, 9.17) is 5.73 Å². The highest BCUT2D eigenvalue weighted by atomic mass is 16.2. The van der Waals surface area contributed by atoms with Crippen molar-refractivity contribution < 1.29 is 4.79 Å². The second-order valence-electron chi connectivity index (χ2n) is 4.73. The molecule has 2 rings (SSSR count). The Hall–Kier alpha value is -1.52. The second kappa shape index (κ2) is 5.21. The number of hydrogen-bond acceptors (Lipinski definition) is 3. The number of aromatic nitrogens is 2. The molecule has 2 heterocycles. The quantitative estimate of drug-likeness (QED) is 0.851. The summed E-state index contributed by atoms with van der Waals surface area (Å²) in [5.74, 6) is 1.05. The largest absolute Gasteiger partial charge is 0.382 e. The lowest BCUT2D eigenvalue weighted by Gasteiger charge is -2.30. The Morgan fingerprint density at radius 1 is 1.53 bits per heavy atom. The molecule has 5 nitrogen and oxygen atoms in total. The fourth-order valence-corrected chi connectivity index (χ4v) is 2.28. The van der Waals surface area contributed by atoms with Crippen LogP contribution in [0.4, 0.5) is 5.82 Å². The SMILES string of the molecule is CC1CCCN(CCCn2ccc(N)n2)C1=O. The van der Waals surface area contributed by atoms with E-state index in [1.807, 2.05) is 22.7 Å². The number of rotatable bonds is 4. The number of nitrogens with zero attached hydrogens (tertiary/aromatic N) is 3. The van der Waals surface area contributed by atoms with Gasteiger partial charge in [-0.3, -0.25) is 9.48 Å². The van der Waals surface area contributed by atoms with Gasteiger partial charge in [-0.1, -0.05) is 6.92 Å². The zero-order chi connectivity index (χ0) is 12.3. The van der Waals surface area contributed by atoms with Gasteiger partial charge in [-0.2, -0.15) is 5.10 Å². The predicted octanol–water partition coefficient (Wildman–Crippen LogP) is 1.11. The summed E-state index contributed by atoms with van der Waals surface area (Å²) >= 11 is 0. The van der Waals surface area contributed by atoms with Gasteiger partial charge >= 0.3 is 0 Å². The molecule has 1 unspecified atom stereocenters. The van der Waals surface area contributed by atoms with Crippen molar-refractivity contribution in [1.29, 1.82) is 0 Å². The molecule has 1 amide bonds. The zero-order valence-corrected chi connectivity index (χ0v) is 10.3. The standard InChI is InChI=1S/C12H20N4O/c1-10-4-2-6-15(12(10)17)7-3-8-16-9-5-11(13)14-16/h5,9-10H,2-4,6-8H2,1H3,(H2,13,14). The first kappa shape index (κ1) is 12.0. The normalized spacial score (nSPS) is 20.9. The summed E-state index contributed by atoms with van der Waals surface area (Å²) in [6.07, 6.45) is 4.96. The molecule has 1 aliphatic heterocycles. The first-order valence-electron chi connectivity index (χ1n) is 6.24. The Morgan fingerprint density at radius 2 is 2.35 bits per heavy atom. The monoisotopic (exact) mass is 236 g/mol. The van der Waals surface area contributed by atoms with E-state index >= 15 is 0 Å². The van der Waals surface area contributed by atoms with Crippen molar-refractivity contribution in [3.63, 3.8) is 0 Å². The lowest BCUT2D eigenvalue weighted by Crippen LogP contribution is -2.40. The molecule has 0 bridgehead atoms. The molecule has 1 saturated heterocycles. The van der Waals surface area contributed by atoms with Crippen LogP contribution in [0.1, 0.15) is 26.2 Å². The number of anilines is 1. The average Bonchev–Trinajstić information content (AvgIpc) is 2.70. The van der Waals surface area contributed by atoms with Crippen LogP contribution in [0.25, 0.3) is 0 Å². The van der Waals surface area contributed by atoms with Gasteiger partial charge in [-0.05, 0) is 25.3 Å². The van der Waals surface area contributed by atoms with Gasteiger partial charge in [0, 0.05) is 31.7 Å². The smallest absolute Gasteiger partial charge is 0.225 e. The van der Waals surface area contributed by atoms with E-state index in [1.165, 1.54) is 0 Å². The van der Waals surface area contributed by atoms with Crippen LogP contribution in [-0.4, -0.2) is 33.7 Å². The van der Waals surface area contributed by atoms with Crippen LogP contribution in [0.3, 0.4) is 0 Å². The Balaban J connectivity index is 1.76. The molecule has 0 aromatic carbocycles. The van der Waals surface area contributed by atoms with E-state index < -0.39 is 0 Å². The Labute approximate surface area is 102 Å². The summed E-state index contributed by atoms with van der Waals surface area (Å²) in [6.45, 7) is 4.56. The van der Waals surface area contributed by atoms with E-state index in [0.717, 1.165) is 38.9 Å². The molecule has 1 fully saturated rings. The molecule has 0 saturated carbocycles. The summed E-state index contributed by atoms with van der Waals surface area (Å²) in [5, 5.41) is 4.12. The van der Waals surface area contributed by atoms with Gasteiger partial charge in [-0.25, -0.2) is 0 Å². The van der Waals surface area contributed by atoms with Crippen molar-refractivity contribution >= 4 is 11.7 Å². The number of carbonyl (C=O) groups excluding carboxylic acids is 1. The molecule has 94 valence electrons. The minimum atomic E-state index is 0.198. The maximum absolute atomic E-state index is 11.9. The topological polar surface area (TPSA) is 64.2 Å². The van der Waals surface area contributed by atoms with E-state index in [1.54, 1.807) is 6.07 Å². The van der Waals surface area contributed by atoms with Crippen molar-refractivity contribution in [3.05, 3.63) is 12.3 Å². The zero-order valence-electron chi connectivity index (χ0n) is 10.3. The molecule has 1 aromatic heterocycles. The number of likely N-dealkylation sites (tertiary alicyclic amines) is 1. The predicted molar refractivity (Wildman–Crippen MR) is 66.2 cm³/mol. The van der Waals surface area contributed by atoms with Crippen LogP contribution >= 0.6 is 0 Å². The molecular weight excluding hydrogens is 216 g/mol. The third-order valence-corrected chi connectivity index (χ3v) is 3.27. The maximum Gasteiger partial charge on any atom is 0.225 e.